The van der Waals surface area contributed by atoms with Gasteiger partial charge in [-0.2, -0.15) is 0 Å². The quantitative estimate of drug-likeness (QED) is 0.101. The summed E-state index contributed by atoms with van der Waals surface area (Å²) in [5.74, 6) is 1.46. The predicted molar refractivity (Wildman–Crippen MR) is 145 cm³/mol. The first-order valence-corrected chi connectivity index (χ1v) is 14.4. The topological polar surface area (TPSA) is 41.5 Å². The van der Waals surface area contributed by atoms with Crippen molar-refractivity contribution in [1.82, 2.24) is 5.32 Å². The Morgan fingerprint density at radius 2 is 1.39 bits per heavy atom. The number of carbonyl (C=O) groups excluding carboxylic acids is 1. The number of rotatable bonds is 22. The summed E-state index contributed by atoms with van der Waals surface area (Å²) in [7, 11) is 0. The van der Waals surface area contributed by atoms with Crippen molar-refractivity contribution >= 4 is 11.7 Å². The van der Waals surface area contributed by atoms with Crippen molar-refractivity contribution < 1.29 is 9.28 Å². The first-order valence-electron chi connectivity index (χ1n) is 14.4. The van der Waals surface area contributed by atoms with Gasteiger partial charge in [-0.15, -0.1) is 0 Å². The second-order valence-electron chi connectivity index (χ2n) is 10.1. The van der Waals surface area contributed by atoms with Crippen molar-refractivity contribution in [1.29, 1.82) is 0 Å². The van der Waals surface area contributed by atoms with Crippen LogP contribution in [0.5, 0.6) is 0 Å². The van der Waals surface area contributed by atoms with Crippen LogP contribution in [-0.4, -0.2) is 48.9 Å². The highest BCUT2D eigenvalue weighted by Crippen LogP contribution is 2.20. The van der Waals surface area contributed by atoms with E-state index in [0.29, 0.717) is 0 Å². The van der Waals surface area contributed by atoms with Gasteiger partial charge in [0.1, 0.15) is 13.1 Å². The Labute approximate surface area is 206 Å². The van der Waals surface area contributed by atoms with E-state index in [1.54, 1.807) is 6.92 Å². The Bertz CT molecular complexity index is 543. The Morgan fingerprint density at radius 1 is 0.848 bits per heavy atom. The maximum absolute atomic E-state index is 11.2. The number of amides is 1. The largest absolute Gasteiger partial charge is 0.351 e. The number of carbonyl (C=O) groups is 1. The van der Waals surface area contributed by atoms with E-state index in [4.69, 9.17) is 4.99 Å². The van der Waals surface area contributed by atoms with Gasteiger partial charge in [-0.3, -0.25) is 9.28 Å². The zero-order valence-electron chi connectivity index (χ0n) is 22.5. The van der Waals surface area contributed by atoms with Gasteiger partial charge in [-0.25, -0.2) is 4.99 Å². The van der Waals surface area contributed by atoms with E-state index in [9.17, 15) is 4.79 Å². The predicted octanol–water partition coefficient (Wildman–Crippen LogP) is 7.58. The molecule has 33 heavy (non-hydrogen) atoms. The number of aliphatic imine (C=N–C) groups is 1. The van der Waals surface area contributed by atoms with Crippen molar-refractivity contribution in [2.75, 3.05) is 32.7 Å². The third kappa shape index (κ3) is 14.7. The van der Waals surface area contributed by atoms with E-state index in [0.717, 1.165) is 43.6 Å². The van der Waals surface area contributed by atoms with Crippen molar-refractivity contribution in [3.05, 3.63) is 12.2 Å². The Kier molecular flexibility index (Phi) is 18.3. The summed E-state index contributed by atoms with van der Waals surface area (Å²) >= 11 is 0. The molecule has 0 spiro atoms. The number of amidine groups is 1. The van der Waals surface area contributed by atoms with Crippen LogP contribution in [0.4, 0.5) is 0 Å². The lowest BCUT2D eigenvalue weighted by Crippen LogP contribution is -2.54. The summed E-state index contributed by atoms with van der Waals surface area (Å²) in [6.45, 7) is 11.1. The molecule has 192 valence electrons. The molecule has 0 aromatic carbocycles. The molecule has 1 amide bonds. The summed E-state index contributed by atoms with van der Waals surface area (Å²) < 4.78 is 0.996. The van der Waals surface area contributed by atoms with E-state index in [1.807, 2.05) is 0 Å². The van der Waals surface area contributed by atoms with Crippen molar-refractivity contribution in [3.8, 4) is 0 Å². The van der Waals surface area contributed by atoms with Gasteiger partial charge in [0.05, 0.1) is 19.6 Å². The number of allylic oxidation sites excluding steroid dienone is 2. The average Bonchev–Trinajstić information content (AvgIpc) is 3.21. The highest BCUT2D eigenvalue weighted by Gasteiger charge is 2.35. The highest BCUT2D eigenvalue weighted by atomic mass is 16.1. The van der Waals surface area contributed by atoms with E-state index >= 15 is 0 Å². The molecule has 1 N–H and O–H groups in total. The second-order valence-corrected chi connectivity index (χ2v) is 10.1. The molecule has 0 saturated heterocycles. The number of nitrogens with one attached hydrogen (secondary N) is 1. The first kappa shape index (κ1) is 29.9. The fourth-order valence-electron chi connectivity index (χ4n) is 5.04. The normalized spacial score (nSPS) is 18.2. The van der Waals surface area contributed by atoms with Crippen LogP contribution in [0.25, 0.3) is 0 Å². The number of hydrogen-bond acceptors (Lipinski definition) is 2. The van der Waals surface area contributed by atoms with E-state index in [2.05, 4.69) is 31.3 Å². The van der Waals surface area contributed by atoms with Gasteiger partial charge in [-0.1, -0.05) is 89.7 Å². The minimum Gasteiger partial charge on any atom is -0.351 e. The van der Waals surface area contributed by atoms with Gasteiger partial charge in [0.25, 0.3) is 0 Å². The molecule has 0 fully saturated rings. The zero-order chi connectivity index (χ0) is 24.0. The lowest BCUT2D eigenvalue weighted by atomic mass is 10.0. The van der Waals surface area contributed by atoms with Crippen LogP contribution in [0.15, 0.2) is 17.1 Å². The number of likely N-dealkylation sites (N-methyl/N-ethyl adjacent to an activating group) is 1. The molecule has 0 aromatic heterocycles. The summed E-state index contributed by atoms with van der Waals surface area (Å²) in [6.07, 6.45) is 27.8. The molecule has 1 unspecified atom stereocenters. The van der Waals surface area contributed by atoms with Crippen molar-refractivity contribution in [2.24, 2.45) is 4.99 Å². The zero-order valence-corrected chi connectivity index (χ0v) is 22.5. The van der Waals surface area contributed by atoms with Crippen LogP contribution in [0.3, 0.4) is 0 Å². The Balaban J connectivity index is 1.93. The van der Waals surface area contributed by atoms with Crippen LogP contribution in [0.1, 0.15) is 130 Å². The van der Waals surface area contributed by atoms with Crippen LogP contribution in [0.2, 0.25) is 0 Å². The Morgan fingerprint density at radius 3 is 1.94 bits per heavy atom. The number of nitrogens with zero attached hydrogens (tertiary/aromatic N) is 2. The maximum Gasteiger partial charge on any atom is 0.217 e. The fourth-order valence-corrected chi connectivity index (χ4v) is 5.04. The summed E-state index contributed by atoms with van der Waals surface area (Å²) in [5, 5.41) is 2.97. The molecule has 1 aliphatic rings. The molecule has 1 heterocycles. The van der Waals surface area contributed by atoms with Gasteiger partial charge in [-0.05, 0) is 39.0 Å². The summed E-state index contributed by atoms with van der Waals surface area (Å²) in [5.41, 5.74) is 0. The van der Waals surface area contributed by atoms with Gasteiger partial charge in [0.15, 0.2) is 5.84 Å². The third-order valence-corrected chi connectivity index (χ3v) is 7.30. The van der Waals surface area contributed by atoms with Crippen LogP contribution in [0, 0.1) is 0 Å². The van der Waals surface area contributed by atoms with E-state index < -0.39 is 0 Å². The molecular formula is C29H56N3O+. The number of unbranched alkanes of at least 4 members (excludes halogenated alkanes) is 14. The monoisotopic (exact) mass is 462 g/mol. The van der Waals surface area contributed by atoms with Crippen molar-refractivity contribution in [3.63, 3.8) is 0 Å². The highest BCUT2D eigenvalue weighted by molar-refractivity contribution is 5.77. The number of quaternary nitrogens is 1. The van der Waals surface area contributed by atoms with Crippen molar-refractivity contribution in [2.45, 2.75) is 130 Å². The van der Waals surface area contributed by atoms with Gasteiger partial charge >= 0.3 is 0 Å². The van der Waals surface area contributed by atoms with Gasteiger partial charge in [0.2, 0.25) is 5.91 Å². The standard InChI is InChI=1S/C29H55N3O/c1-4-6-7-8-9-10-11-12-13-14-15-16-17-18-19-20-21-22-23-29-31-25-27-32(29,5-2)26-24-30-28(3)33/h9-10H,4-8,11-27H2,1-3H3/p+1/b10-9+. The Hall–Kier alpha value is -1.16. The minimum absolute atomic E-state index is 0.0721. The van der Waals surface area contributed by atoms with E-state index in [-0.39, 0.29) is 5.91 Å². The maximum atomic E-state index is 11.2. The molecule has 0 bridgehead atoms. The molecule has 0 aliphatic carbocycles. The first-order chi connectivity index (χ1) is 16.1. The summed E-state index contributed by atoms with van der Waals surface area (Å²) in [6, 6.07) is 0. The molecule has 0 aromatic rings. The molecule has 0 radical (unpaired) electrons. The lowest BCUT2D eigenvalue weighted by molar-refractivity contribution is -0.833. The molecule has 4 heteroatoms. The minimum atomic E-state index is 0.0721. The van der Waals surface area contributed by atoms with Crippen LogP contribution >= 0.6 is 0 Å². The van der Waals surface area contributed by atoms with Crippen LogP contribution in [-0.2, 0) is 4.79 Å². The average molecular weight is 463 g/mol. The van der Waals surface area contributed by atoms with Gasteiger partial charge < -0.3 is 5.32 Å². The molecular weight excluding hydrogens is 406 g/mol. The van der Waals surface area contributed by atoms with Crippen LogP contribution < -0.4 is 5.32 Å². The molecule has 1 rings (SSSR count). The third-order valence-electron chi connectivity index (χ3n) is 7.30. The second kappa shape index (κ2) is 20.2. The molecule has 0 saturated carbocycles. The molecule has 1 aliphatic heterocycles. The fraction of sp³-hybridized carbons (Fsp3) is 0.862. The smallest absolute Gasteiger partial charge is 0.217 e. The number of hydrogen-bond donors (Lipinski definition) is 1. The molecule has 4 nitrogen and oxygen atoms in total. The van der Waals surface area contributed by atoms with E-state index in [1.165, 1.54) is 109 Å². The molecule has 1 atom stereocenters. The van der Waals surface area contributed by atoms with Gasteiger partial charge in [0, 0.05) is 13.3 Å². The summed E-state index contributed by atoms with van der Waals surface area (Å²) in [4.78, 5) is 16.0. The SMILES string of the molecule is CCCCC/C=C/CCCCCCCCCCCCCC1=NCC[N+]1(CC)CCNC(C)=O. The lowest BCUT2D eigenvalue weighted by Gasteiger charge is -2.33.